The largest absolute Gasteiger partial charge is 1.00 e. The summed E-state index contributed by atoms with van der Waals surface area (Å²) in [5, 5.41) is 4.18. The van der Waals surface area contributed by atoms with Crippen LogP contribution in [0.4, 0.5) is 0 Å². The van der Waals surface area contributed by atoms with Crippen LogP contribution in [0.25, 0.3) is 0 Å². The Balaban J connectivity index is -0.0000000320. The molecule has 78 valence electrons. The summed E-state index contributed by atoms with van der Waals surface area (Å²) in [6.07, 6.45) is 2.80. The van der Waals surface area contributed by atoms with E-state index in [2.05, 4.69) is 37.1 Å². The third-order valence-corrected chi connectivity index (χ3v) is 2.96. The van der Waals surface area contributed by atoms with Crippen molar-refractivity contribution < 1.29 is 37.2 Å². The predicted molar refractivity (Wildman–Crippen MR) is 52.2 cm³/mol. The minimum atomic E-state index is 0. The van der Waals surface area contributed by atoms with Crippen LogP contribution < -0.4 is 37.2 Å². The summed E-state index contributed by atoms with van der Waals surface area (Å²) in [6, 6.07) is 0. The second-order valence-electron chi connectivity index (χ2n) is 2.27. The SMILES string of the molecule is CC[CH2][Al+][CH2]CC.C[CH2][Al+2].[Cl-].[Cl-].[Cl-]. The van der Waals surface area contributed by atoms with E-state index in [4.69, 9.17) is 0 Å². The maximum absolute atomic E-state index is 2.58. The van der Waals surface area contributed by atoms with E-state index in [9.17, 15) is 0 Å². The maximum atomic E-state index is 2.58. The molecular formula is C8H19Al2Cl3. The topological polar surface area (TPSA) is 0 Å². The normalized spacial score (nSPS) is 5.92. The smallest absolute Gasteiger partial charge is 1.00 e. The molecule has 0 N–H and O–H groups in total. The Kier molecular flexibility index (Phi) is 83.7. The summed E-state index contributed by atoms with van der Waals surface area (Å²) in [5.74, 6) is 0. The van der Waals surface area contributed by atoms with Gasteiger partial charge in [0.05, 0.1) is 0 Å². The summed E-state index contributed by atoms with van der Waals surface area (Å²) < 4.78 is 0. The Morgan fingerprint density at radius 3 is 1.23 bits per heavy atom. The van der Waals surface area contributed by atoms with Crippen molar-refractivity contribution in [1.82, 2.24) is 0 Å². The van der Waals surface area contributed by atoms with Crippen LogP contribution in [0.3, 0.4) is 0 Å². The monoisotopic (exact) mass is 274 g/mol. The molecule has 0 spiro atoms. The van der Waals surface area contributed by atoms with E-state index in [0.717, 1.165) is 15.2 Å². The van der Waals surface area contributed by atoms with Gasteiger partial charge in [0.1, 0.15) is 0 Å². The van der Waals surface area contributed by atoms with Crippen molar-refractivity contribution in [3.63, 3.8) is 0 Å². The van der Waals surface area contributed by atoms with Crippen LogP contribution >= 0.6 is 0 Å². The molecule has 0 saturated heterocycles. The summed E-state index contributed by atoms with van der Waals surface area (Å²) >= 11 is 3.40. The zero-order valence-corrected chi connectivity index (χ0v) is 13.4. The molecule has 0 aliphatic carbocycles. The average Bonchev–Trinajstić information content (AvgIpc) is 1.91. The van der Waals surface area contributed by atoms with Gasteiger partial charge < -0.3 is 37.2 Å². The third-order valence-electron chi connectivity index (χ3n) is 0.986. The third kappa shape index (κ3) is 56.4. The first-order chi connectivity index (χ1) is 4.83. The van der Waals surface area contributed by atoms with Crippen LogP contribution in [-0.4, -0.2) is 31.5 Å². The number of halogens is 3. The fourth-order valence-corrected chi connectivity index (χ4v) is 1.66. The minimum absolute atomic E-state index is 0. The van der Waals surface area contributed by atoms with Crippen LogP contribution in [0.2, 0.25) is 15.8 Å². The summed E-state index contributed by atoms with van der Waals surface area (Å²) in [5.41, 5.74) is 0. The molecule has 0 aromatic carbocycles. The van der Waals surface area contributed by atoms with Crippen molar-refractivity contribution in [2.45, 2.75) is 49.5 Å². The molecule has 0 bridgehead atoms. The molecule has 0 amide bonds. The second-order valence-corrected chi connectivity index (χ2v) is 4.82. The molecule has 0 aliphatic heterocycles. The Morgan fingerprint density at radius 2 is 1.08 bits per heavy atom. The molecule has 0 atom stereocenters. The van der Waals surface area contributed by atoms with Crippen molar-refractivity contribution in [1.29, 1.82) is 0 Å². The summed E-state index contributed by atoms with van der Waals surface area (Å²) in [4.78, 5) is 0. The van der Waals surface area contributed by atoms with Crippen molar-refractivity contribution in [2.75, 3.05) is 0 Å². The molecule has 0 nitrogen and oxygen atoms in total. The van der Waals surface area contributed by atoms with E-state index in [0.29, 0.717) is 0 Å². The van der Waals surface area contributed by atoms with E-state index in [-0.39, 0.29) is 37.2 Å². The first-order valence-corrected chi connectivity index (χ1v) is 6.80. The summed E-state index contributed by atoms with van der Waals surface area (Å²) in [7, 11) is 0. The van der Waals surface area contributed by atoms with Crippen LogP contribution in [0.1, 0.15) is 33.6 Å². The van der Waals surface area contributed by atoms with Gasteiger partial charge in [-0.25, -0.2) is 0 Å². The molecule has 0 fully saturated rings. The van der Waals surface area contributed by atoms with Crippen LogP contribution in [-0.2, 0) is 0 Å². The standard InChI is InChI=1S/2C3H7.C2H5.2Al.3ClH/c2*1-3-2;1-2;;;;;/h2*1,3H2,2H3;1H2,2H3;;;3*1H/q;;;+1;+2;;;/p-3. The molecule has 5 heteroatoms. The van der Waals surface area contributed by atoms with Gasteiger partial charge in [0.15, 0.2) is 0 Å². The molecular weight excluding hydrogens is 256 g/mol. The van der Waals surface area contributed by atoms with Crippen LogP contribution in [0, 0.1) is 0 Å². The molecule has 0 aromatic rings. The van der Waals surface area contributed by atoms with Crippen molar-refractivity contribution in [2.24, 2.45) is 0 Å². The van der Waals surface area contributed by atoms with E-state index in [1.807, 2.05) is 0 Å². The molecule has 0 rings (SSSR count). The number of rotatable bonds is 4. The zero-order valence-electron chi connectivity index (χ0n) is 8.82. The average molecular weight is 276 g/mol. The number of hydrogen-bond acceptors (Lipinski definition) is 0. The quantitative estimate of drug-likeness (QED) is 0.354. The van der Waals surface area contributed by atoms with Gasteiger partial charge >= 0.3 is 81.0 Å². The van der Waals surface area contributed by atoms with Gasteiger partial charge in [0, 0.05) is 0 Å². The van der Waals surface area contributed by atoms with Crippen LogP contribution in [0.5, 0.6) is 0 Å². The van der Waals surface area contributed by atoms with Crippen LogP contribution in [0.15, 0.2) is 0 Å². The van der Waals surface area contributed by atoms with E-state index >= 15 is 0 Å². The first kappa shape index (κ1) is 29.4. The van der Waals surface area contributed by atoms with E-state index in [1.165, 1.54) is 28.7 Å². The predicted octanol–water partition coefficient (Wildman–Crippen LogP) is -6.05. The second kappa shape index (κ2) is 37.0. The fourth-order valence-electron chi connectivity index (χ4n) is 0.553. The zero-order chi connectivity index (χ0) is 8.24. The van der Waals surface area contributed by atoms with E-state index in [1.54, 1.807) is 0 Å². The van der Waals surface area contributed by atoms with Gasteiger partial charge in [-0.3, -0.25) is 0 Å². The molecule has 0 heterocycles. The maximum Gasteiger partial charge on any atom is -1.00 e. The van der Waals surface area contributed by atoms with Gasteiger partial charge in [-0.05, 0) is 0 Å². The molecule has 0 saturated carbocycles. The molecule has 0 aliphatic rings. The van der Waals surface area contributed by atoms with Crippen molar-refractivity contribution in [3.05, 3.63) is 0 Å². The fraction of sp³-hybridized carbons (Fsp3) is 1.00. The molecule has 0 unspecified atom stereocenters. The molecule has 0 radical (unpaired) electrons. The van der Waals surface area contributed by atoms with Gasteiger partial charge in [-0.15, -0.1) is 0 Å². The van der Waals surface area contributed by atoms with Gasteiger partial charge in [-0.1, -0.05) is 0 Å². The minimum Gasteiger partial charge on any atom is -1.00 e. The van der Waals surface area contributed by atoms with Gasteiger partial charge in [0.2, 0.25) is 0 Å². The van der Waals surface area contributed by atoms with Crippen molar-refractivity contribution in [3.8, 4) is 0 Å². The summed E-state index contributed by atoms with van der Waals surface area (Å²) in [6.45, 7) is 6.62. The molecule has 13 heavy (non-hydrogen) atoms. The van der Waals surface area contributed by atoms with E-state index < -0.39 is 0 Å². The molecule has 0 aromatic heterocycles. The first-order valence-electron chi connectivity index (χ1n) is 4.35. The van der Waals surface area contributed by atoms with Crippen molar-refractivity contribution >= 4 is 31.5 Å². The Labute approximate surface area is 117 Å². The van der Waals surface area contributed by atoms with Gasteiger partial charge in [0.25, 0.3) is 0 Å². The van der Waals surface area contributed by atoms with Gasteiger partial charge in [-0.2, -0.15) is 0 Å². The Bertz CT molecular complexity index is 44.4. The Morgan fingerprint density at radius 1 is 0.846 bits per heavy atom. The Hall–Kier alpha value is 1.93. The number of hydrogen-bond donors (Lipinski definition) is 0.